The van der Waals surface area contributed by atoms with Gasteiger partial charge in [0.05, 0.1) is 6.07 Å². The number of hydrogen-bond donors (Lipinski definition) is 0. The Morgan fingerprint density at radius 2 is 2.00 bits per heavy atom. The quantitative estimate of drug-likeness (QED) is 0.699. The van der Waals surface area contributed by atoms with Gasteiger partial charge in [0.15, 0.2) is 0 Å². The third-order valence-corrected chi connectivity index (χ3v) is 4.77. The molecule has 0 amide bonds. The molecule has 0 aromatic rings. The molecular weight excluding hydrogens is 182 g/mol. The molecule has 0 aromatic heterocycles. The zero-order valence-electron chi connectivity index (χ0n) is 8.59. The molecule has 1 unspecified atom stereocenters. The van der Waals surface area contributed by atoms with Crippen molar-refractivity contribution in [1.82, 2.24) is 0 Å². The Morgan fingerprint density at radius 1 is 1.46 bits per heavy atom. The Balaban J connectivity index is 2.51. The standard InChI is InChI=1S/C10H17NOS/c1-9(2,3)13(12)8-10(4-5-10)6-7-11/h4-6,8H2,1-3H3. The van der Waals surface area contributed by atoms with Gasteiger partial charge in [-0.05, 0) is 39.0 Å². The molecule has 1 fully saturated rings. The van der Waals surface area contributed by atoms with E-state index in [-0.39, 0.29) is 10.2 Å². The molecule has 1 atom stereocenters. The largest absolute Gasteiger partial charge is 0.259 e. The Hall–Kier alpha value is -0.360. The van der Waals surface area contributed by atoms with Gasteiger partial charge in [0.2, 0.25) is 0 Å². The highest BCUT2D eigenvalue weighted by molar-refractivity contribution is 7.86. The fraction of sp³-hybridized carbons (Fsp3) is 0.900. The lowest BCUT2D eigenvalue weighted by molar-refractivity contribution is 0.574. The van der Waals surface area contributed by atoms with Crippen LogP contribution in [0.2, 0.25) is 0 Å². The fourth-order valence-electron chi connectivity index (χ4n) is 1.21. The summed E-state index contributed by atoms with van der Waals surface area (Å²) in [5.41, 5.74) is 0.118. The number of nitriles is 1. The minimum atomic E-state index is -0.797. The highest BCUT2D eigenvalue weighted by Gasteiger charge is 2.45. The average molecular weight is 199 g/mol. The van der Waals surface area contributed by atoms with Crippen molar-refractivity contribution in [3.8, 4) is 6.07 Å². The molecule has 1 aliphatic carbocycles. The Bertz CT molecular complexity index is 255. The van der Waals surface area contributed by atoms with Crippen molar-refractivity contribution in [2.24, 2.45) is 5.41 Å². The molecule has 0 aromatic carbocycles. The topological polar surface area (TPSA) is 40.9 Å². The first-order valence-corrected chi connectivity index (χ1v) is 5.97. The second-order valence-electron chi connectivity index (χ2n) is 4.94. The van der Waals surface area contributed by atoms with E-state index < -0.39 is 10.8 Å². The molecule has 0 spiro atoms. The zero-order chi connectivity index (χ0) is 10.1. The van der Waals surface area contributed by atoms with Crippen molar-refractivity contribution in [1.29, 1.82) is 5.26 Å². The molecule has 2 nitrogen and oxygen atoms in total. The molecule has 0 saturated heterocycles. The Labute approximate surface area is 82.8 Å². The molecule has 0 bridgehead atoms. The van der Waals surface area contributed by atoms with Gasteiger partial charge in [-0.25, -0.2) is 0 Å². The number of nitrogens with zero attached hydrogens (tertiary/aromatic N) is 1. The maximum Gasteiger partial charge on any atom is 0.0627 e. The fourth-order valence-corrected chi connectivity index (χ4v) is 2.59. The van der Waals surface area contributed by atoms with Crippen molar-refractivity contribution < 1.29 is 4.21 Å². The van der Waals surface area contributed by atoms with Gasteiger partial charge in [0.1, 0.15) is 0 Å². The minimum absolute atomic E-state index is 0.118. The van der Waals surface area contributed by atoms with Crippen LogP contribution in [0.15, 0.2) is 0 Å². The van der Waals surface area contributed by atoms with E-state index >= 15 is 0 Å². The molecule has 74 valence electrons. The van der Waals surface area contributed by atoms with Crippen LogP contribution in [0.25, 0.3) is 0 Å². The highest BCUT2D eigenvalue weighted by Crippen LogP contribution is 2.49. The second-order valence-corrected chi connectivity index (χ2v) is 7.14. The summed E-state index contributed by atoms with van der Waals surface area (Å²) in [4.78, 5) is 0. The van der Waals surface area contributed by atoms with E-state index in [1.807, 2.05) is 20.8 Å². The Morgan fingerprint density at radius 3 is 2.31 bits per heavy atom. The summed E-state index contributed by atoms with van der Waals surface area (Å²) in [6.07, 6.45) is 2.75. The van der Waals surface area contributed by atoms with Crippen LogP contribution in [0.3, 0.4) is 0 Å². The van der Waals surface area contributed by atoms with Crippen molar-refractivity contribution in [2.75, 3.05) is 5.75 Å². The van der Waals surface area contributed by atoms with E-state index in [4.69, 9.17) is 5.26 Å². The van der Waals surface area contributed by atoms with Crippen molar-refractivity contribution in [3.63, 3.8) is 0 Å². The van der Waals surface area contributed by atoms with Crippen LogP contribution < -0.4 is 0 Å². The van der Waals surface area contributed by atoms with E-state index in [0.29, 0.717) is 12.2 Å². The first-order valence-electron chi connectivity index (χ1n) is 4.65. The van der Waals surface area contributed by atoms with Gasteiger partial charge in [-0.3, -0.25) is 4.21 Å². The molecule has 3 heteroatoms. The molecule has 13 heavy (non-hydrogen) atoms. The summed E-state index contributed by atoms with van der Waals surface area (Å²) < 4.78 is 11.7. The van der Waals surface area contributed by atoms with E-state index in [9.17, 15) is 4.21 Å². The monoisotopic (exact) mass is 199 g/mol. The number of rotatable bonds is 3. The van der Waals surface area contributed by atoms with Crippen LogP contribution in [-0.4, -0.2) is 14.7 Å². The molecule has 0 radical (unpaired) electrons. The first-order chi connectivity index (χ1) is 5.90. The van der Waals surface area contributed by atoms with Gasteiger partial charge in [0.25, 0.3) is 0 Å². The lowest BCUT2D eigenvalue weighted by Gasteiger charge is -2.21. The van der Waals surface area contributed by atoms with Crippen molar-refractivity contribution in [2.45, 2.75) is 44.8 Å². The predicted octanol–water partition coefficient (Wildman–Crippen LogP) is 2.23. The molecule has 1 rings (SSSR count). The molecule has 1 saturated carbocycles. The summed E-state index contributed by atoms with van der Waals surface area (Å²) in [5.74, 6) is 0.712. The van der Waals surface area contributed by atoms with Crippen molar-refractivity contribution >= 4 is 10.8 Å². The van der Waals surface area contributed by atoms with Gasteiger partial charge in [-0.15, -0.1) is 0 Å². The lowest BCUT2D eigenvalue weighted by Crippen LogP contribution is -2.28. The SMILES string of the molecule is CC(C)(C)S(=O)CC1(CC#N)CC1. The van der Waals surface area contributed by atoms with Crippen LogP contribution >= 0.6 is 0 Å². The lowest BCUT2D eigenvalue weighted by atomic mass is 10.1. The summed E-state index contributed by atoms with van der Waals surface area (Å²) in [6.45, 7) is 5.97. The van der Waals surface area contributed by atoms with Crippen LogP contribution in [0.4, 0.5) is 0 Å². The Kier molecular flexibility index (Phi) is 2.82. The van der Waals surface area contributed by atoms with Crippen LogP contribution in [0.5, 0.6) is 0 Å². The van der Waals surface area contributed by atoms with Crippen LogP contribution in [0.1, 0.15) is 40.0 Å². The van der Waals surface area contributed by atoms with Crippen LogP contribution in [0, 0.1) is 16.7 Å². The third-order valence-electron chi connectivity index (χ3n) is 2.53. The molecule has 0 heterocycles. The number of hydrogen-bond acceptors (Lipinski definition) is 2. The highest BCUT2D eigenvalue weighted by atomic mass is 32.2. The molecule has 1 aliphatic rings. The van der Waals surface area contributed by atoms with Gasteiger partial charge in [0, 0.05) is 27.7 Å². The van der Waals surface area contributed by atoms with Crippen LogP contribution in [-0.2, 0) is 10.8 Å². The van der Waals surface area contributed by atoms with Gasteiger partial charge in [-0.1, -0.05) is 0 Å². The molecular formula is C10H17NOS. The first kappa shape index (κ1) is 10.7. The minimum Gasteiger partial charge on any atom is -0.259 e. The van der Waals surface area contributed by atoms with Crippen molar-refractivity contribution in [3.05, 3.63) is 0 Å². The normalized spacial score (nSPS) is 22.0. The average Bonchev–Trinajstić information content (AvgIpc) is 2.67. The van der Waals surface area contributed by atoms with E-state index in [1.165, 1.54) is 0 Å². The molecule has 0 N–H and O–H groups in total. The maximum atomic E-state index is 11.8. The maximum absolute atomic E-state index is 11.8. The van der Waals surface area contributed by atoms with E-state index in [2.05, 4.69) is 6.07 Å². The second kappa shape index (κ2) is 3.42. The van der Waals surface area contributed by atoms with Gasteiger partial charge in [-0.2, -0.15) is 5.26 Å². The van der Waals surface area contributed by atoms with Gasteiger partial charge < -0.3 is 0 Å². The third kappa shape index (κ3) is 2.80. The summed E-state index contributed by atoms with van der Waals surface area (Å²) in [5, 5.41) is 8.61. The summed E-state index contributed by atoms with van der Waals surface area (Å²) >= 11 is 0. The summed E-state index contributed by atoms with van der Waals surface area (Å²) in [7, 11) is -0.797. The zero-order valence-corrected chi connectivity index (χ0v) is 9.41. The predicted molar refractivity (Wildman–Crippen MR) is 54.7 cm³/mol. The summed E-state index contributed by atoms with van der Waals surface area (Å²) in [6, 6.07) is 2.19. The van der Waals surface area contributed by atoms with E-state index in [1.54, 1.807) is 0 Å². The smallest absolute Gasteiger partial charge is 0.0627 e. The van der Waals surface area contributed by atoms with Gasteiger partial charge >= 0.3 is 0 Å². The molecule has 0 aliphatic heterocycles. The van der Waals surface area contributed by atoms with E-state index in [0.717, 1.165) is 12.8 Å².